The molecule has 0 radical (unpaired) electrons. The van der Waals surface area contributed by atoms with Crippen molar-refractivity contribution in [2.45, 2.75) is 153 Å². The molecule has 0 amide bonds. The molecule has 1 fully saturated rings. The van der Waals surface area contributed by atoms with Crippen LogP contribution in [0.25, 0.3) is 0 Å². The number of hydrogen-bond donors (Lipinski definition) is 4. The summed E-state index contributed by atoms with van der Waals surface area (Å²) in [6.45, 7) is 3.06. The third kappa shape index (κ3) is 28.4. The van der Waals surface area contributed by atoms with E-state index >= 15 is 0 Å². The molecule has 0 aromatic carbocycles. The van der Waals surface area contributed by atoms with Crippen LogP contribution in [0.2, 0.25) is 0 Å². The molecule has 1 aliphatic heterocycles. The Hall–Kier alpha value is -3.64. The maximum Gasteiger partial charge on any atom is 0.306 e. The van der Waals surface area contributed by atoms with Crippen molar-refractivity contribution in [2.24, 2.45) is 0 Å². The normalized spacial score (nSPS) is 21.4. The van der Waals surface area contributed by atoms with Crippen LogP contribution in [0.15, 0.2) is 109 Å². The predicted molar refractivity (Wildman–Crippen MR) is 228 cm³/mol. The first-order valence-electron chi connectivity index (χ1n) is 21.0. The third-order valence-corrected chi connectivity index (χ3v) is 8.65. The van der Waals surface area contributed by atoms with Gasteiger partial charge in [0, 0.05) is 12.8 Å². The summed E-state index contributed by atoms with van der Waals surface area (Å²) in [4.78, 5) is 25.2. The number of esters is 2. The van der Waals surface area contributed by atoms with Crippen LogP contribution < -0.4 is 0 Å². The lowest BCUT2D eigenvalue weighted by atomic mass is 9.99. The van der Waals surface area contributed by atoms with Crippen LogP contribution in [0.5, 0.6) is 0 Å². The number of ether oxygens (including phenoxy) is 4. The fourth-order valence-electron chi connectivity index (χ4n) is 5.39. The van der Waals surface area contributed by atoms with E-state index in [0.717, 1.165) is 70.6 Å². The number of allylic oxidation sites excluding steroid dienone is 18. The van der Waals surface area contributed by atoms with Gasteiger partial charge in [-0.2, -0.15) is 0 Å². The van der Waals surface area contributed by atoms with Crippen molar-refractivity contribution in [3.05, 3.63) is 109 Å². The Kier molecular flexibility index (Phi) is 33.1. The third-order valence-electron chi connectivity index (χ3n) is 8.65. The topological polar surface area (TPSA) is 152 Å². The highest BCUT2D eigenvalue weighted by Gasteiger charge is 2.44. The summed E-state index contributed by atoms with van der Waals surface area (Å²) in [5.41, 5.74) is 0. The highest BCUT2D eigenvalue weighted by atomic mass is 16.7. The molecular formula is C47H72O10. The Bertz CT molecular complexity index is 1290. The summed E-state index contributed by atoms with van der Waals surface area (Å²) >= 11 is 0. The maximum absolute atomic E-state index is 12.7. The molecule has 0 bridgehead atoms. The van der Waals surface area contributed by atoms with Gasteiger partial charge in [-0.15, -0.1) is 0 Å². The van der Waals surface area contributed by atoms with E-state index in [2.05, 4.69) is 117 Å². The Morgan fingerprint density at radius 2 is 0.982 bits per heavy atom. The van der Waals surface area contributed by atoms with Gasteiger partial charge in [0.05, 0.1) is 13.2 Å². The van der Waals surface area contributed by atoms with E-state index in [4.69, 9.17) is 18.9 Å². The summed E-state index contributed by atoms with van der Waals surface area (Å²) < 4.78 is 22.0. The van der Waals surface area contributed by atoms with E-state index < -0.39 is 55.4 Å². The number of aliphatic hydroxyl groups is 4. The molecule has 320 valence electrons. The first kappa shape index (κ1) is 51.4. The van der Waals surface area contributed by atoms with E-state index in [0.29, 0.717) is 19.3 Å². The molecule has 0 spiro atoms. The quantitative estimate of drug-likeness (QED) is 0.0296. The van der Waals surface area contributed by atoms with Gasteiger partial charge in [0.1, 0.15) is 31.0 Å². The molecule has 0 aliphatic carbocycles. The van der Waals surface area contributed by atoms with Crippen molar-refractivity contribution >= 4 is 11.9 Å². The van der Waals surface area contributed by atoms with Crippen LogP contribution in [0.4, 0.5) is 0 Å². The number of unbranched alkanes of at least 4 members (excludes halogenated alkanes) is 3. The molecular weight excluding hydrogens is 725 g/mol. The maximum atomic E-state index is 12.7. The Morgan fingerprint density at radius 3 is 1.46 bits per heavy atom. The van der Waals surface area contributed by atoms with Crippen molar-refractivity contribution in [3.63, 3.8) is 0 Å². The van der Waals surface area contributed by atoms with Gasteiger partial charge in [0.2, 0.25) is 0 Å². The Balaban J connectivity index is 2.46. The van der Waals surface area contributed by atoms with Gasteiger partial charge in [-0.25, -0.2) is 0 Å². The standard InChI is InChI=1S/C47H72O10/c1-3-5-7-9-11-13-15-17-19-20-22-24-26-28-30-32-34-36-43(50)56-40(39-55-47-46(53)45(52)44(51)41(37-48)57-47)38-54-42(49)35-33-31-29-27-25-23-21-18-16-14-12-10-8-6-4-2/h5-8,11-14,17-19,21-22,24-25,27-28,30,40-41,44-48,51-53H,3-4,9-10,15-16,20,23,26,29,31-39H2,1-2H3/b7-5+,8-6+,13-11+,14-12+,19-17+,21-18+,24-22+,27-25+,30-28+/t40-,41-,44+,45+,46-,47-/m1/s1. The number of aliphatic hydroxyl groups excluding tert-OH is 4. The fourth-order valence-corrected chi connectivity index (χ4v) is 5.39. The smallest absolute Gasteiger partial charge is 0.306 e. The number of hydrogen-bond acceptors (Lipinski definition) is 10. The van der Waals surface area contributed by atoms with Crippen molar-refractivity contribution in [1.82, 2.24) is 0 Å². The zero-order valence-electron chi connectivity index (χ0n) is 34.5. The first-order valence-corrected chi connectivity index (χ1v) is 21.0. The first-order chi connectivity index (χ1) is 27.8. The molecule has 6 atom stereocenters. The molecule has 0 saturated carbocycles. The fraction of sp³-hybridized carbons (Fsp3) is 0.574. The van der Waals surface area contributed by atoms with Gasteiger partial charge in [0.15, 0.2) is 12.4 Å². The van der Waals surface area contributed by atoms with Crippen LogP contribution in [0.1, 0.15) is 117 Å². The molecule has 4 N–H and O–H groups in total. The van der Waals surface area contributed by atoms with E-state index in [-0.39, 0.29) is 26.1 Å². The largest absolute Gasteiger partial charge is 0.462 e. The second-order valence-corrected chi connectivity index (χ2v) is 13.7. The van der Waals surface area contributed by atoms with Gasteiger partial charge in [-0.05, 0) is 89.9 Å². The molecule has 1 rings (SSSR count). The molecule has 0 aromatic heterocycles. The Labute approximate surface area is 342 Å². The lowest BCUT2D eigenvalue weighted by Gasteiger charge is -2.39. The van der Waals surface area contributed by atoms with Crippen molar-refractivity contribution in [2.75, 3.05) is 19.8 Å². The lowest BCUT2D eigenvalue weighted by Crippen LogP contribution is -2.59. The van der Waals surface area contributed by atoms with Crippen LogP contribution in [-0.4, -0.2) is 89.0 Å². The van der Waals surface area contributed by atoms with E-state index in [1.165, 1.54) is 0 Å². The molecule has 0 unspecified atom stereocenters. The minimum Gasteiger partial charge on any atom is -0.462 e. The van der Waals surface area contributed by atoms with Gasteiger partial charge in [-0.3, -0.25) is 9.59 Å². The molecule has 1 aliphatic rings. The minimum atomic E-state index is -1.62. The highest BCUT2D eigenvalue weighted by molar-refractivity contribution is 5.70. The zero-order valence-corrected chi connectivity index (χ0v) is 34.5. The second-order valence-electron chi connectivity index (χ2n) is 13.7. The predicted octanol–water partition coefficient (Wildman–Crippen LogP) is 8.55. The molecule has 1 saturated heterocycles. The molecule has 10 nitrogen and oxygen atoms in total. The number of carbonyl (C=O) groups excluding carboxylic acids is 2. The summed E-state index contributed by atoms with van der Waals surface area (Å²) in [6.07, 6.45) is 42.5. The number of carbonyl (C=O) groups is 2. The van der Waals surface area contributed by atoms with Crippen LogP contribution >= 0.6 is 0 Å². The van der Waals surface area contributed by atoms with Crippen LogP contribution in [0, 0.1) is 0 Å². The zero-order chi connectivity index (χ0) is 41.6. The van der Waals surface area contributed by atoms with Crippen molar-refractivity contribution in [1.29, 1.82) is 0 Å². The Morgan fingerprint density at radius 1 is 0.544 bits per heavy atom. The van der Waals surface area contributed by atoms with Crippen LogP contribution in [0.3, 0.4) is 0 Å². The van der Waals surface area contributed by atoms with Gasteiger partial charge in [0.25, 0.3) is 0 Å². The highest BCUT2D eigenvalue weighted by Crippen LogP contribution is 2.22. The number of rotatable bonds is 32. The van der Waals surface area contributed by atoms with Gasteiger partial charge in [-0.1, -0.05) is 123 Å². The summed E-state index contributed by atoms with van der Waals surface area (Å²) in [5.74, 6) is -0.939. The molecule has 10 heteroatoms. The molecule has 1 heterocycles. The monoisotopic (exact) mass is 797 g/mol. The van der Waals surface area contributed by atoms with Gasteiger partial charge >= 0.3 is 11.9 Å². The average Bonchev–Trinajstić information content (AvgIpc) is 3.21. The summed E-state index contributed by atoms with van der Waals surface area (Å²) in [7, 11) is 0. The molecule has 0 aromatic rings. The average molecular weight is 797 g/mol. The van der Waals surface area contributed by atoms with Gasteiger partial charge < -0.3 is 39.4 Å². The lowest BCUT2D eigenvalue weighted by molar-refractivity contribution is -0.305. The minimum absolute atomic E-state index is 0.135. The second kappa shape index (κ2) is 36.7. The summed E-state index contributed by atoms with van der Waals surface area (Å²) in [5, 5.41) is 40.0. The molecule has 57 heavy (non-hydrogen) atoms. The van der Waals surface area contributed by atoms with E-state index in [1.54, 1.807) is 0 Å². The van der Waals surface area contributed by atoms with Crippen molar-refractivity contribution < 1.29 is 49.0 Å². The van der Waals surface area contributed by atoms with E-state index in [9.17, 15) is 30.0 Å². The summed E-state index contributed by atoms with van der Waals surface area (Å²) in [6, 6.07) is 0. The SMILES string of the molecule is CC/C=C/C/C=C/C/C=C/C/C=C/C/C=C/CCCC(=O)O[C@H](COC(=O)CCCC/C=C/C/C=C/C/C=C/C/C=C/CC)CO[C@@H]1O[C@H](CO)[C@H](O)[C@H](O)[C@H]1O. The van der Waals surface area contributed by atoms with E-state index in [1.807, 2.05) is 6.08 Å². The van der Waals surface area contributed by atoms with Crippen molar-refractivity contribution in [3.8, 4) is 0 Å². The van der Waals surface area contributed by atoms with Crippen LogP contribution in [-0.2, 0) is 28.5 Å².